The van der Waals surface area contributed by atoms with Crippen LogP contribution in [0.3, 0.4) is 0 Å². The molecule has 0 aliphatic heterocycles. The van der Waals surface area contributed by atoms with Crippen LogP contribution < -0.4 is 0 Å². The predicted molar refractivity (Wildman–Crippen MR) is 83.6 cm³/mol. The summed E-state index contributed by atoms with van der Waals surface area (Å²) in [5, 5.41) is -4.57. The minimum absolute atomic E-state index is 0.100. The maximum atomic E-state index is 13.4. The molecule has 0 saturated heterocycles. The van der Waals surface area contributed by atoms with Crippen molar-refractivity contribution >= 4 is 22.1 Å². The van der Waals surface area contributed by atoms with Gasteiger partial charge < -0.3 is 9.47 Å². The van der Waals surface area contributed by atoms with Crippen molar-refractivity contribution in [2.45, 2.75) is 49.4 Å². The van der Waals surface area contributed by atoms with Crippen LogP contribution in [0.1, 0.15) is 38.5 Å². The Morgan fingerprint density at radius 2 is 1.81 bits per heavy atom. The highest BCUT2D eigenvalue weighted by Crippen LogP contribution is 2.63. The molecule has 0 spiro atoms. The summed E-state index contributed by atoms with van der Waals surface area (Å²) in [4.78, 5) is 24.3. The first-order chi connectivity index (χ1) is 11.9. The van der Waals surface area contributed by atoms with Crippen molar-refractivity contribution in [1.82, 2.24) is 0 Å². The van der Waals surface area contributed by atoms with E-state index >= 15 is 0 Å². The lowest BCUT2D eigenvalue weighted by Crippen LogP contribution is -2.60. The highest BCUT2D eigenvalue weighted by atomic mass is 32.2. The molecule has 4 rings (SSSR count). The lowest BCUT2D eigenvalue weighted by molar-refractivity contribution is -0.211. The van der Waals surface area contributed by atoms with Gasteiger partial charge in [0.2, 0.25) is 0 Å². The van der Waals surface area contributed by atoms with E-state index in [2.05, 4.69) is 11.3 Å². The zero-order valence-corrected chi connectivity index (χ0v) is 14.8. The smallest absolute Gasteiger partial charge is 0.402 e. The number of halogens is 2. The van der Waals surface area contributed by atoms with Crippen molar-refractivity contribution in [3.63, 3.8) is 0 Å². The Labute approximate surface area is 149 Å². The number of hydrogen-bond acceptors (Lipinski definition) is 6. The largest absolute Gasteiger partial charge is 0.458 e. The summed E-state index contributed by atoms with van der Waals surface area (Å²) in [6.45, 7) is 1.61. The molecule has 4 aliphatic carbocycles. The lowest BCUT2D eigenvalue weighted by atomic mass is 9.48. The van der Waals surface area contributed by atoms with Crippen molar-refractivity contribution in [2.24, 2.45) is 17.3 Å². The van der Waals surface area contributed by atoms with Gasteiger partial charge in [-0.3, -0.25) is 9.35 Å². The molecule has 2 atom stereocenters. The average Bonchev–Trinajstić information content (AvgIpc) is 2.49. The highest BCUT2D eigenvalue weighted by molar-refractivity contribution is 7.86. The van der Waals surface area contributed by atoms with Crippen LogP contribution >= 0.6 is 0 Å². The van der Waals surface area contributed by atoms with E-state index < -0.39 is 44.9 Å². The van der Waals surface area contributed by atoms with Crippen molar-refractivity contribution in [1.29, 1.82) is 0 Å². The van der Waals surface area contributed by atoms with E-state index in [4.69, 9.17) is 9.29 Å². The monoisotopic (exact) mass is 394 g/mol. The number of hydrogen-bond donors (Lipinski definition) is 1. The fourth-order valence-electron chi connectivity index (χ4n) is 5.17. The maximum absolute atomic E-state index is 13.4. The molecule has 0 aromatic carbocycles. The number of alkyl halides is 2. The van der Waals surface area contributed by atoms with Crippen molar-refractivity contribution in [2.75, 3.05) is 6.61 Å². The molecule has 146 valence electrons. The van der Waals surface area contributed by atoms with Crippen molar-refractivity contribution < 1.29 is 40.8 Å². The molecule has 4 saturated carbocycles. The fraction of sp³-hybridized carbons (Fsp3) is 0.750. The molecule has 0 amide bonds. The first-order valence-electron chi connectivity index (χ1n) is 8.28. The summed E-state index contributed by atoms with van der Waals surface area (Å²) >= 11 is 0. The fourth-order valence-corrected chi connectivity index (χ4v) is 5.38. The van der Waals surface area contributed by atoms with Crippen LogP contribution in [-0.4, -0.2) is 42.4 Å². The SMILES string of the molecule is C=CC(=O)OC12CC3CC(C1)CC(C(=O)OCC(F)(F)S(=O)(=O)O)(C3)C2. The van der Waals surface area contributed by atoms with Gasteiger partial charge in [0.25, 0.3) is 0 Å². The van der Waals surface area contributed by atoms with E-state index in [1.165, 1.54) is 0 Å². The Balaban J connectivity index is 1.78. The third-order valence-electron chi connectivity index (χ3n) is 5.67. The van der Waals surface area contributed by atoms with E-state index in [1.54, 1.807) is 0 Å². The van der Waals surface area contributed by atoms with Gasteiger partial charge >= 0.3 is 27.3 Å². The zero-order valence-electron chi connectivity index (χ0n) is 13.9. The molecular formula is C16H20F2O7S. The molecule has 10 heteroatoms. The van der Waals surface area contributed by atoms with E-state index in [0.717, 1.165) is 12.5 Å². The van der Waals surface area contributed by atoms with Gasteiger partial charge in [0.1, 0.15) is 5.60 Å². The van der Waals surface area contributed by atoms with E-state index in [9.17, 15) is 26.8 Å². The summed E-state index contributed by atoms with van der Waals surface area (Å²) in [6, 6.07) is 0. The molecular weight excluding hydrogens is 374 g/mol. The van der Waals surface area contributed by atoms with Gasteiger partial charge in [-0.25, -0.2) is 4.79 Å². The molecule has 4 fully saturated rings. The van der Waals surface area contributed by atoms with Gasteiger partial charge in [-0.05, 0) is 43.9 Å². The molecule has 0 aromatic rings. The van der Waals surface area contributed by atoms with Gasteiger partial charge in [-0.15, -0.1) is 0 Å². The Morgan fingerprint density at radius 3 is 2.31 bits per heavy atom. The Hall–Kier alpha value is -1.55. The third-order valence-corrected chi connectivity index (χ3v) is 6.55. The van der Waals surface area contributed by atoms with E-state index in [1.807, 2.05) is 0 Å². The first-order valence-corrected chi connectivity index (χ1v) is 9.72. The Morgan fingerprint density at radius 1 is 1.23 bits per heavy atom. The molecule has 4 bridgehead atoms. The van der Waals surface area contributed by atoms with Crippen LogP contribution in [-0.2, 0) is 29.2 Å². The molecule has 26 heavy (non-hydrogen) atoms. The molecule has 4 aliphatic rings. The minimum atomic E-state index is -5.68. The Kier molecular flexibility index (Phi) is 4.42. The molecule has 7 nitrogen and oxygen atoms in total. The molecule has 0 radical (unpaired) electrons. The third kappa shape index (κ3) is 3.24. The number of carbonyl (C=O) groups is 2. The minimum Gasteiger partial charge on any atom is -0.458 e. The van der Waals surface area contributed by atoms with Crippen LogP contribution in [0.15, 0.2) is 12.7 Å². The van der Waals surface area contributed by atoms with Gasteiger partial charge in [-0.1, -0.05) is 6.58 Å². The summed E-state index contributed by atoms with van der Waals surface area (Å²) in [5.41, 5.74) is -1.93. The maximum Gasteiger partial charge on any atom is 0.402 e. The summed E-state index contributed by atoms with van der Waals surface area (Å²) in [6.07, 6.45) is 4.10. The summed E-state index contributed by atoms with van der Waals surface area (Å²) < 4.78 is 66.7. The summed E-state index contributed by atoms with van der Waals surface area (Å²) in [7, 11) is -5.68. The van der Waals surface area contributed by atoms with Gasteiger partial charge in [0, 0.05) is 12.5 Å². The van der Waals surface area contributed by atoms with Gasteiger partial charge in [0.15, 0.2) is 6.61 Å². The van der Waals surface area contributed by atoms with Crippen LogP contribution in [0.5, 0.6) is 0 Å². The average molecular weight is 394 g/mol. The predicted octanol–water partition coefficient (Wildman–Crippen LogP) is 2.08. The van der Waals surface area contributed by atoms with E-state index in [-0.39, 0.29) is 18.3 Å². The van der Waals surface area contributed by atoms with Crippen LogP contribution in [0.25, 0.3) is 0 Å². The molecule has 0 aromatic heterocycles. The molecule has 1 N–H and O–H groups in total. The van der Waals surface area contributed by atoms with Crippen LogP contribution in [0.4, 0.5) is 8.78 Å². The van der Waals surface area contributed by atoms with Crippen LogP contribution in [0, 0.1) is 17.3 Å². The highest BCUT2D eigenvalue weighted by Gasteiger charge is 2.63. The quantitative estimate of drug-likeness (QED) is 0.417. The number of esters is 2. The first kappa shape index (κ1) is 19.2. The zero-order chi connectivity index (χ0) is 19.4. The second kappa shape index (κ2) is 5.98. The number of rotatable bonds is 6. The van der Waals surface area contributed by atoms with Crippen molar-refractivity contribution in [3.8, 4) is 0 Å². The van der Waals surface area contributed by atoms with Gasteiger partial charge in [0.05, 0.1) is 5.41 Å². The van der Waals surface area contributed by atoms with Gasteiger partial charge in [-0.2, -0.15) is 17.2 Å². The number of carbonyl (C=O) groups excluding carboxylic acids is 2. The van der Waals surface area contributed by atoms with Crippen molar-refractivity contribution in [3.05, 3.63) is 12.7 Å². The second-order valence-corrected chi connectivity index (χ2v) is 9.29. The second-order valence-electron chi connectivity index (χ2n) is 7.74. The topological polar surface area (TPSA) is 107 Å². The normalized spacial score (nSPS) is 35.8. The van der Waals surface area contributed by atoms with E-state index in [0.29, 0.717) is 25.7 Å². The lowest BCUT2D eigenvalue weighted by Gasteiger charge is -2.59. The Bertz CT molecular complexity index is 732. The molecule has 2 unspecified atom stereocenters. The van der Waals surface area contributed by atoms with Crippen LogP contribution in [0.2, 0.25) is 0 Å². The number of ether oxygens (including phenoxy) is 2. The molecule has 0 heterocycles. The standard InChI is InChI=1S/C16H20F2O7S/c1-2-12(19)25-15-6-10-3-11(7-15)5-14(4-10,8-15)13(20)24-9-16(17,18)26(21,22)23/h2,10-11H,1,3-9H2,(H,21,22,23). The summed E-state index contributed by atoms with van der Waals surface area (Å²) in [5.74, 6) is -1.34.